The molecule has 2 aromatic carbocycles. The zero-order valence-electron chi connectivity index (χ0n) is 14.5. The lowest BCUT2D eigenvalue weighted by Crippen LogP contribution is -2.14. The molecule has 0 aliphatic carbocycles. The van der Waals surface area contributed by atoms with E-state index < -0.39 is 5.76 Å². The Hall–Kier alpha value is -3.13. The van der Waals surface area contributed by atoms with E-state index in [1.165, 1.54) is 19.2 Å². The van der Waals surface area contributed by atoms with Crippen LogP contribution in [0.4, 0.5) is 4.39 Å². The number of ether oxygens (including phenoxy) is 1. The van der Waals surface area contributed by atoms with Crippen molar-refractivity contribution in [1.82, 2.24) is 9.78 Å². The first-order chi connectivity index (χ1) is 13.0. The summed E-state index contributed by atoms with van der Waals surface area (Å²) < 4.78 is 23.5. The van der Waals surface area contributed by atoms with Crippen molar-refractivity contribution < 1.29 is 18.4 Å². The van der Waals surface area contributed by atoms with E-state index >= 15 is 0 Å². The molecule has 0 aliphatic heterocycles. The molecule has 0 atom stereocenters. The molecule has 27 heavy (non-hydrogen) atoms. The highest BCUT2D eigenvalue weighted by atomic mass is 35.5. The number of methoxy groups -OCH3 is 1. The van der Waals surface area contributed by atoms with E-state index in [4.69, 9.17) is 25.6 Å². The molecule has 0 saturated heterocycles. The zero-order valence-corrected chi connectivity index (χ0v) is 15.2. The van der Waals surface area contributed by atoms with Crippen LogP contribution in [0.15, 0.2) is 56.8 Å². The van der Waals surface area contributed by atoms with Gasteiger partial charge in [0.1, 0.15) is 12.4 Å². The highest BCUT2D eigenvalue weighted by Gasteiger charge is 2.14. The molecule has 0 N–H and O–H groups in total. The van der Waals surface area contributed by atoms with Crippen LogP contribution >= 0.6 is 11.6 Å². The quantitative estimate of drug-likeness (QED) is 0.474. The van der Waals surface area contributed by atoms with Crippen molar-refractivity contribution in [2.75, 3.05) is 7.11 Å². The third-order valence-corrected chi connectivity index (χ3v) is 3.96. The number of hydrogen-bond donors (Lipinski definition) is 0. The van der Waals surface area contributed by atoms with Crippen molar-refractivity contribution in [1.29, 1.82) is 0 Å². The standard InChI is InChI=1S/C18H15ClFN3O4/c1-11(22-26-10-12-3-6-14(20)7-4-12)13-5-8-15(19)16(9-13)23-18(24)27-17(21-23)25-2/h3-9H,10H2,1-2H3. The number of nitrogens with zero attached hydrogens (tertiary/aromatic N) is 3. The third-order valence-electron chi connectivity index (χ3n) is 3.64. The highest BCUT2D eigenvalue weighted by Crippen LogP contribution is 2.22. The van der Waals surface area contributed by atoms with E-state index in [9.17, 15) is 9.18 Å². The number of hydrogen-bond acceptors (Lipinski definition) is 6. The Morgan fingerprint density at radius 2 is 2.04 bits per heavy atom. The minimum Gasteiger partial charge on any atom is -0.452 e. The lowest BCUT2D eigenvalue weighted by Gasteiger charge is -2.07. The summed E-state index contributed by atoms with van der Waals surface area (Å²) in [5, 5.41) is 8.24. The topological polar surface area (TPSA) is 78.9 Å². The average molecular weight is 392 g/mol. The van der Waals surface area contributed by atoms with Crippen molar-refractivity contribution in [3.05, 3.63) is 75.0 Å². The van der Waals surface area contributed by atoms with Crippen LogP contribution in [-0.4, -0.2) is 22.6 Å². The molecule has 3 rings (SSSR count). The van der Waals surface area contributed by atoms with Gasteiger partial charge in [-0.2, -0.15) is 4.68 Å². The van der Waals surface area contributed by atoms with E-state index in [2.05, 4.69) is 10.3 Å². The molecule has 0 bridgehead atoms. The van der Waals surface area contributed by atoms with Crippen molar-refractivity contribution >= 4 is 17.3 Å². The molecule has 7 nitrogen and oxygen atoms in total. The van der Waals surface area contributed by atoms with Gasteiger partial charge in [-0.25, -0.2) is 9.18 Å². The Morgan fingerprint density at radius 1 is 1.30 bits per heavy atom. The first kappa shape index (κ1) is 18.7. The molecule has 0 fully saturated rings. The second-order valence-electron chi connectivity index (χ2n) is 5.49. The first-order valence-corrected chi connectivity index (χ1v) is 8.21. The molecule has 140 valence electrons. The summed E-state index contributed by atoms with van der Waals surface area (Å²) in [6.45, 7) is 1.93. The van der Waals surface area contributed by atoms with Gasteiger partial charge >= 0.3 is 11.8 Å². The lowest BCUT2D eigenvalue weighted by atomic mass is 10.1. The van der Waals surface area contributed by atoms with Gasteiger partial charge in [0.15, 0.2) is 0 Å². The van der Waals surface area contributed by atoms with Crippen LogP contribution in [0.3, 0.4) is 0 Å². The van der Waals surface area contributed by atoms with Crippen LogP contribution in [0, 0.1) is 5.82 Å². The smallest absolute Gasteiger partial charge is 0.444 e. The van der Waals surface area contributed by atoms with Gasteiger partial charge in [-0.15, -0.1) is 0 Å². The number of halogens is 2. The van der Waals surface area contributed by atoms with Gasteiger partial charge in [0.05, 0.1) is 23.5 Å². The summed E-state index contributed by atoms with van der Waals surface area (Å²) >= 11 is 6.17. The van der Waals surface area contributed by atoms with Crippen molar-refractivity contribution in [3.8, 4) is 11.8 Å². The Labute approximate surface area is 158 Å². The van der Waals surface area contributed by atoms with Crippen LogP contribution in [0.2, 0.25) is 5.02 Å². The Balaban J connectivity index is 1.80. The fraction of sp³-hybridized carbons (Fsp3) is 0.167. The molecule has 3 aromatic rings. The Morgan fingerprint density at radius 3 is 2.70 bits per heavy atom. The van der Waals surface area contributed by atoms with Gasteiger partial charge in [0.25, 0.3) is 0 Å². The first-order valence-electron chi connectivity index (χ1n) is 7.83. The molecule has 0 unspecified atom stereocenters. The van der Waals surface area contributed by atoms with Crippen LogP contribution in [0.5, 0.6) is 6.08 Å². The molecule has 0 aliphatic rings. The molecule has 0 spiro atoms. The number of rotatable bonds is 6. The van der Waals surface area contributed by atoms with Gasteiger partial charge in [-0.05, 0) is 36.8 Å². The highest BCUT2D eigenvalue weighted by molar-refractivity contribution is 6.32. The maximum atomic E-state index is 12.9. The summed E-state index contributed by atoms with van der Waals surface area (Å²) in [6.07, 6.45) is -0.172. The number of benzene rings is 2. The van der Waals surface area contributed by atoms with Crippen LogP contribution in [0.25, 0.3) is 5.69 Å². The summed E-state index contributed by atoms with van der Waals surface area (Å²) in [7, 11) is 1.34. The number of oxime groups is 1. The lowest BCUT2D eigenvalue weighted by molar-refractivity contribution is 0.130. The molecule has 0 amide bonds. The fourth-order valence-corrected chi connectivity index (χ4v) is 2.43. The second-order valence-corrected chi connectivity index (χ2v) is 5.90. The van der Waals surface area contributed by atoms with E-state index in [1.54, 1.807) is 37.3 Å². The van der Waals surface area contributed by atoms with Gasteiger partial charge in [-0.3, -0.25) is 0 Å². The van der Waals surface area contributed by atoms with Gasteiger partial charge in [-0.1, -0.05) is 40.1 Å². The molecular weight excluding hydrogens is 377 g/mol. The molecule has 0 radical (unpaired) electrons. The van der Waals surface area contributed by atoms with Crippen LogP contribution in [0.1, 0.15) is 18.1 Å². The zero-order chi connectivity index (χ0) is 19.4. The summed E-state index contributed by atoms with van der Waals surface area (Å²) in [4.78, 5) is 17.2. The van der Waals surface area contributed by atoms with Gasteiger partial charge in [0, 0.05) is 5.56 Å². The van der Waals surface area contributed by atoms with Crippen molar-refractivity contribution in [2.45, 2.75) is 13.5 Å². The molecule has 9 heteroatoms. The van der Waals surface area contributed by atoms with Gasteiger partial charge in [0.2, 0.25) is 0 Å². The van der Waals surface area contributed by atoms with Crippen molar-refractivity contribution in [3.63, 3.8) is 0 Å². The SMILES string of the molecule is COc1nn(-c2cc(C(C)=NOCc3ccc(F)cc3)ccc2Cl)c(=O)o1. The summed E-state index contributed by atoms with van der Waals surface area (Å²) in [6, 6.07) is 10.9. The molecule has 1 aromatic heterocycles. The Kier molecular flexibility index (Phi) is 5.56. The molecular formula is C18H15ClFN3O4. The van der Waals surface area contributed by atoms with Crippen LogP contribution < -0.4 is 10.5 Å². The third kappa shape index (κ3) is 4.35. The van der Waals surface area contributed by atoms with Crippen LogP contribution in [-0.2, 0) is 11.4 Å². The van der Waals surface area contributed by atoms with E-state index in [1.807, 2.05) is 0 Å². The minimum atomic E-state index is -0.729. The second kappa shape index (κ2) is 8.05. The largest absolute Gasteiger partial charge is 0.452 e. The summed E-state index contributed by atoms with van der Waals surface area (Å²) in [5.41, 5.74) is 2.33. The number of aromatic nitrogens is 2. The predicted octanol–water partition coefficient (Wildman–Crippen LogP) is 3.57. The Bertz CT molecular complexity index is 1030. The normalized spacial score (nSPS) is 11.5. The summed E-state index contributed by atoms with van der Waals surface area (Å²) in [5.74, 6) is -1.04. The van der Waals surface area contributed by atoms with Gasteiger partial charge < -0.3 is 14.0 Å². The van der Waals surface area contributed by atoms with Crippen molar-refractivity contribution in [2.24, 2.45) is 5.16 Å². The monoisotopic (exact) mass is 391 g/mol. The average Bonchev–Trinajstić information content (AvgIpc) is 3.04. The van der Waals surface area contributed by atoms with E-state index in [0.717, 1.165) is 10.2 Å². The minimum absolute atomic E-state index is 0.172. The molecule has 1 heterocycles. The predicted molar refractivity (Wildman–Crippen MR) is 97.1 cm³/mol. The maximum Gasteiger partial charge on any atom is 0.444 e. The maximum absolute atomic E-state index is 12.9. The molecule has 0 saturated carbocycles. The van der Waals surface area contributed by atoms with E-state index in [-0.39, 0.29) is 18.5 Å². The fourth-order valence-electron chi connectivity index (χ4n) is 2.23. The van der Waals surface area contributed by atoms with E-state index in [0.29, 0.717) is 22.0 Å².